The fraction of sp³-hybridized carbons (Fsp3) is 0.375. The quantitative estimate of drug-likeness (QED) is 0.319. The van der Waals surface area contributed by atoms with E-state index >= 15 is 4.39 Å². The van der Waals surface area contributed by atoms with Gasteiger partial charge >= 0.3 is 0 Å². The molecule has 2 aliphatic rings. The molecule has 2 aliphatic carbocycles. The zero-order chi connectivity index (χ0) is 26.0. The molecule has 3 N–H and O–H groups in total. The SMILES string of the molecule is CC(NC(=O)C1CC1)c1c(F)c(C(F)F)c(-c2cn3cc(NC(=O)[C@@H]4C[C@@H]4F)nc3cn2)c2cn[nH]c12. The summed E-state index contributed by atoms with van der Waals surface area (Å²) in [6, 6.07) is -0.881. The summed E-state index contributed by atoms with van der Waals surface area (Å²) in [6.45, 7) is 1.53. The smallest absolute Gasteiger partial charge is 0.267 e. The van der Waals surface area contributed by atoms with Crippen molar-refractivity contribution in [2.24, 2.45) is 11.8 Å². The summed E-state index contributed by atoms with van der Waals surface area (Å²) >= 11 is 0. The van der Waals surface area contributed by atoms with E-state index in [0.29, 0.717) is 5.65 Å². The topological polar surface area (TPSA) is 117 Å². The molecule has 9 nitrogen and oxygen atoms in total. The fourth-order valence-electron chi connectivity index (χ4n) is 4.57. The Morgan fingerprint density at radius 1 is 1.16 bits per heavy atom. The highest BCUT2D eigenvalue weighted by Gasteiger charge is 2.43. The first kappa shape index (κ1) is 23.4. The van der Waals surface area contributed by atoms with E-state index in [4.69, 9.17) is 0 Å². The second-order valence-electron chi connectivity index (χ2n) is 9.49. The van der Waals surface area contributed by atoms with E-state index in [-0.39, 0.29) is 51.8 Å². The van der Waals surface area contributed by atoms with Crippen molar-refractivity contribution in [1.29, 1.82) is 0 Å². The molecule has 0 spiro atoms. The van der Waals surface area contributed by atoms with Crippen molar-refractivity contribution in [2.75, 3.05) is 5.32 Å². The minimum Gasteiger partial charge on any atom is -0.349 e. The molecule has 4 aromatic rings. The third-order valence-electron chi connectivity index (χ3n) is 6.78. The number of aromatic nitrogens is 5. The second-order valence-corrected chi connectivity index (χ2v) is 9.49. The number of H-pyrrole nitrogens is 1. The number of alkyl halides is 3. The molecule has 0 bridgehead atoms. The van der Waals surface area contributed by atoms with Crippen molar-refractivity contribution in [3.05, 3.63) is 41.7 Å². The molecule has 6 rings (SSSR count). The summed E-state index contributed by atoms with van der Waals surface area (Å²) in [5.41, 5.74) is -0.635. The monoisotopic (exact) mass is 515 g/mol. The Morgan fingerprint density at radius 3 is 2.59 bits per heavy atom. The first-order chi connectivity index (χ1) is 17.7. The summed E-state index contributed by atoms with van der Waals surface area (Å²) in [5.74, 6) is -2.60. The number of anilines is 1. The molecule has 1 unspecified atom stereocenters. The summed E-state index contributed by atoms with van der Waals surface area (Å²) in [7, 11) is 0. The number of nitrogens with one attached hydrogen (secondary N) is 3. The van der Waals surface area contributed by atoms with Crippen LogP contribution in [0.4, 0.5) is 23.4 Å². The fourth-order valence-corrected chi connectivity index (χ4v) is 4.57. The van der Waals surface area contributed by atoms with Crippen LogP contribution in [0.3, 0.4) is 0 Å². The Kier molecular flexibility index (Phi) is 5.39. The van der Waals surface area contributed by atoms with E-state index in [2.05, 4.69) is 30.8 Å². The normalized spacial score (nSPS) is 19.9. The van der Waals surface area contributed by atoms with Crippen molar-refractivity contribution in [3.8, 4) is 11.3 Å². The predicted octanol–water partition coefficient (Wildman–Crippen LogP) is 4.23. The molecule has 3 aromatic heterocycles. The summed E-state index contributed by atoms with van der Waals surface area (Å²) in [6.07, 6.45) is 2.71. The van der Waals surface area contributed by atoms with Gasteiger partial charge in [-0.1, -0.05) is 0 Å². The van der Waals surface area contributed by atoms with Crippen molar-refractivity contribution in [1.82, 2.24) is 29.9 Å². The summed E-state index contributed by atoms with van der Waals surface area (Å²) in [4.78, 5) is 32.7. The van der Waals surface area contributed by atoms with Crippen LogP contribution >= 0.6 is 0 Å². The third kappa shape index (κ3) is 4.07. The lowest BCUT2D eigenvalue weighted by atomic mass is 9.93. The molecule has 0 saturated heterocycles. The van der Waals surface area contributed by atoms with Gasteiger partial charge in [0.2, 0.25) is 11.8 Å². The number of hydrogen-bond acceptors (Lipinski definition) is 5. The molecule has 0 aliphatic heterocycles. The molecule has 3 atom stereocenters. The minimum atomic E-state index is -3.19. The molecule has 2 saturated carbocycles. The lowest BCUT2D eigenvalue weighted by Gasteiger charge is -2.20. The largest absolute Gasteiger partial charge is 0.349 e. The van der Waals surface area contributed by atoms with Crippen LogP contribution < -0.4 is 10.6 Å². The van der Waals surface area contributed by atoms with E-state index in [1.807, 2.05) is 0 Å². The van der Waals surface area contributed by atoms with Gasteiger partial charge in [0.15, 0.2) is 11.5 Å². The van der Waals surface area contributed by atoms with Crippen LogP contribution in [0.15, 0.2) is 24.8 Å². The van der Waals surface area contributed by atoms with Crippen LogP contribution in [0.1, 0.15) is 49.8 Å². The zero-order valence-electron chi connectivity index (χ0n) is 19.4. The first-order valence-electron chi connectivity index (χ1n) is 11.8. The van der Waals surface area contributed by atoms with Gasteiger partial charge < -0.3 is 15.0 Å². The maximum absolute atomic E-state index is 15.8. The average molecular weight is 515 g/mol. The number of halogens is 4. The van der Waals surface area contributed by atoms with Crippen LogP contribution in [0.2, 0.25) is 0 Å². The Hall–Kier alpha value is -4.03. The number of benzene rings is 1. The molecule has 37 heavy (non-hydrogen) atoms. The number of rotatable bonds is 7. The molecule has 0 radical (unpaired) electrons. The van der Waals surface area contributed by atoms with Gasteiger partial charge in [-0.05, 0) is 26.2 Å². The number of imidazole rings is 1. The van der Waals surface area contributed by atoms with Crippen molar-refractivity contribution >= 4 is 34.2 Å². The highest BCUT2D eigenvalue weighted by molar-refractivity contribution is 5.98. The molecule has 1 aromatic carbocycles. The van der Waals surface area contributed by atoms with Gasteiger partial charge in [-0.2, -0.15) is 5.10 Å². The van der Waals surface area contributed by atoms with E-state index in [9.17, 15) is 22.8 Å². The van der Waals surface area contributed by atoms with E-state index in [1.54, 1.807) is 0 Å². The maximum atomic E-state index is 15.8. The molecule has 2 fully saturated rings. The molecule has 3 heterocycles. The summed E-state index contributed by atoms with van der Waals surface area (Å²) in [5, 5.41) is 12.1. The lowest BCUT2D eigenvalue weighted by molar-refractivity contribution is -0.123. The number of amides is 2. The van der Waals surface area contributed by atoms with Crippen LogP contribution in [-0.4, -0.2) is 42.6 Å². The Balaban J connectivity index is 1.42. The van der Waals surface area contributed by atoms with Crippen molar-refractivity contribution < 1.29 is 27.2 Å². The maximum Gasteiger partial charge on any atom is 0.267 e. The molecular formula is C24H21F4N7O2. The highest BCUT2D eigenvalue weighted by atomic mass is 19.3. The molecule has 2 amide bonds. The molecule has 13 heteroatoms. The van der Waals surface area contributed by atoms with E-state index in [1.165, 1.54) is 36.1 Å². The standard InChI is InChI=1S/C24H21F4N7O2/c1-9(31-23(36)10-2-3-10)17-20(26)19(22(27)28)18(12-5-30-34-21(12)17)14-7-35-8-15(32-16(35)6-29-14)33-24(37)11-4-13(11)25/h5-11,13,22H,2-4H2,1H3,(H,30,34)(H,31,36)(H,33,37)/t9?,11-,13+/m1/s1. The van der Waals surface area contributed by atoms with Crippen LogP contribution in [0.25, 0.3) is 27.8 Å². The zero-order valence-corrected chi connectivity index (χ0v) is 19.4. The molecular weight excluding hydrogens is 494 g/mol. The van der Waals surface area contributed by atoms with Crippen LogP contribution in [-0.2, 0) is 9.59 Å². The lowest BCUT2D eigenvalue weighted by Crippen LogP contribution is -2.29. The highest BCUT2D eigenvalue weighted by Crippen LogP contribution is 2.42. The second kappa shape index (κ2) is 8.53. The van der Waals surface area contributed by atoms with E-state index < -0.39 is 41.8 Å². The predicted molar refractivity (Wildman–Crippen MR) is 124 cm³/mol. The number of carbonyl (C=O) groups is 2. The van der Waals surface area contributed by atoms with Crippen LogP contribution in [0, 0.1) is 17.7 Å². The minimum absolute atomic E-state index is 0.0237. The van der Waals surface area contributed by atoms with Crippen LogP contribution in [0.5, 0.6) is 0 Å². The first-order valence-corrected chi connectivity index (χ1v) is 11.8. The number of fused-ring (bicyclic) bond motifs is 2. The van der Waals surface area contributed by atoms with Gasteiger partial charge in [-0.15, -0.1) is 0 Å². The van der Waals surface area contributed by atoms with Crippen molar-refractivity contribution in [2.45, 2.75) is 44.8 Å². The van der Waals surface area contributed by atoms with Crippen molar-refractivity contribution in [3.63, 3.8) is 0 Å². The number of aromatic amines is 1. The number of hydrogen-bond donors (Lipinski definition) is 3. The number of nitrogens with zero attached hydrogens (tertiary/aromatic N) is 4. The Bertz CT molecular complexity index is 1560. The Morgan fingerprint density at radius 2 is 1.92 bits per heavy atom. The molecule has 192 valence electrons. The Labute approximate surface area is 206 Å². The van der Waals surface area contributed by atoms with E-state index in [0.717, 1.165) is 12.8 Å². The number of carbonyl (C=O) groups excluding carboxylic acids is 2. The van der Waals surface area contributed by atoms with Gasteiger partial charge in [-0.25, -0.2) is 22.5 Å². The average Bonchev–Trinajstić information content (AvgIpc) is 3.73. The van der Waals surface area contributed by atoms with Gasteiger partial charge in [-0.3, -0.25) is 19.7 Å². The van der Waals surface area contributed by atoms with Gasteiger partial charge in [0.1, 0.15) is 12.0 Å². The van der Waals surface area contributed by atoms with Gasteiger partial charge in [0.05, 0.1) is 47.3 Å². The third-order valence-corrected chi connectivity index (χ3v) is 6.78. The summed E-state index contributed by atoms with van der Waals surface area (Å²) < 4.78 is 59.1. The van der Waals surface area contributed by atoms with Gasteiger partial charge in [0, 0.05) is 28.6 Å². The van der Waals surface area contributed by atoms with Gasteiger partial charge in [0.25, 0.3) is 6.43 Å².